The Kier molecular flexibility index (Phi) is 7.66. The molecule has 0 spiro atoms. The van der Waals surface area contributed by atoms with E-state index in [-0.39, 0.29) is 18.3 Å². The Labute approximate surface area is 135 Å². The van der Waals surface area contributed by atoms with E-state index in [1.165, 1.54) is 0 Å². The molecule has 0 aliphatic carbocycles. The lowest BCUT2D eigenvalue weighted by Crippen LogP contribution is -2.52. The summed E-state index contributed by atoms with van der Waals surface area (Å²) >= 11 is 11.7. The Morgan fingerprint density at radius 1 is 1.35 bits per heavy atom. The van der Waals surface area contributed by atoms with E-state index in [2.05, 4.69) is 5.32 Å². The van der Waals surface area contributed by atoms with Crippen molar-refractivity contribution in [1.82, 2.24) is 5.32 Å². The summed E-state index contributed by atoms with van der Waals surface area (Å²) in [6, 6.07) is 4.80. The molecule has 0 aromatic heterocycles. The predicted octanol–water partition coefficient (Wildman–Crippen LogP) is 3.04. The van der Waals surface area contributed by atoms with Crippen LogP contribution < -0.4 is 15.8 Å². The van der Waals surface area contributed by atoms with Crippen molar-refractivity contribution in [3.05, 3.63) is 28.2 Å². The van der Waals surface area contributed by atoms with E-state index in [1.807, 2.05) is 13.8 Å². The number of nitrogens with two attached hydrogens (primary N) is 1. The largest absolute Gasteiger partial charge is 0.481 e. The SMILES string of the molecule is CC(Oc1cc(Cl)cc(Cl)c1)C(=O)NC(C)(C)CN.Cl. The van der Waals surface area contributed by atoms with Crippen LogP contribution in [-0.2, 0) is 4.79 Å². The van der Waals surface area contributed by atoms with Gasteiger partial charge in [0.15, 0.2) is 6.10 Å². The molecule has 1 rings (SSSR count). The lowest BCUT2D eigenvalue weighted by atomic mass is 10.1. The predicted molar refractivity (Wildman–Crippen MR) is 85.1 cm³/mol. The second-order valence-corrected chi connectivity index (χ2v) is 5.82. The highest BCUT2D eigenvalue weighted by Gasteiger charge is 2.23. The summed E-state index contributed by atoms with van der Waals surface area (Å²) in [6.45, 7) is 5.67. The van der Waals surface area contributed by atoms with Crippen molar-refractivity contribution in [3.8, 4) is 5.75 Å². The number of amides is 1. The second kappa shape index (κ2) is 7.93. The zero-order valence-corrected chi connectivity index (χ0v) is 13.9. The molecule has 0 radical (unpaired) electrons. The van der Waals surface area contributed by atoms with Gasteiger partial charge in [-0.15, -0.1) is 12.4 Å². The van der Waals surface area contributed by atoms with Crippen LogP contribution in [0.3, 0.4) is 0 Å². The van der Waals surface area contributed by atoms with Gasteiger partial charge in [0.2, 0.25) is 0 Å². The lowest BCUT2D eigenvalue weighted by Gasteiger charge is -2.26. The Morgan fingerprint density at radius 3 is 2.30 bits per heavy atom. The first-order chi connectivity index (χ1) is 8.73. The van der Waals surface area contributed by atoms with Crippen molar-refractivity contribution in [2.24, 2.45) is 5.73 Å². The summed E-state index contributed by atoms with van der Waals surface area (Å²) in [5.74, 6) is 0.206. The number of nitrogens with one attached hydrogen (secondary N) is 1. The first-order valence-electron chi connectivity index (χ1n) is 5.88. The average molecular weight is 342 g/mol. The molecule has 20 heavy (non-hydrogen) atoms. The molecule has 0 saturated heterocycles. The summed E-state index contributed by atoms with van der Waals surface area (Å²) in [5.41, 5.74) is 5.09. The maximum Gasteiger partial charge on any atom is 0.261 e. The number of hydrogen-bond donors (Lipinski definition) is 2. The maximum atomic E-state index is 11.9. The van der Waals surface area contributed by atoms with Crippen molar-refractivity contribution in [2.45, 2.75) is 32.4 Å². The molecule has 0 heterocycles. The van der Waals surface area contributed by atoms with Gasteiger partial charge in [0.25, 0.3) is 5.91 Å². The second-order valence-electron chi connectivity index (χ2n) is 4.94. The van der Waals surface area contributed by atoms with Crippen LogP contribution in [0.1, 0.15) is 20.8 Å². The first kappa shape index (κ1) is 19.3. The molecular formula is C13H19Cl3N2O2. The van der Waals surface area contributed by atoms with E-state index in [1.54, 1.807) is 25.1 Å². The number of carbonyl (C=O) groups is 1. The van der Waals surface area contributed by atoms with Gasteiger partial charge in [-0.3, -0.25) is 4.79 Å². The zero-order valence-electron chi connectivity index (χ0n) is 11.6. The molecule has 0 fully saturated rings. The maximum absolute atomic E-state index is 11.9. The highest BCUT2D eigenvalue weighted by Crippen LogP contribution is 2.25. The molecule has 1 atom stereocenters. The van der Waals surface area contributed by atoms with E-state index in [0.29, 0.717) is 22.3 Å². The van der Waals surface area contributed by atoms with E-state index in [0.717, 1.165) is 0 Å². The van der Waals surface area contributed by atoms with Crippen LogP contribution in [0.15, 0.2) is 18.2 Å². The van der Waals surface area contributed by atoms with Gasteiger partial charge in [-0.2, -0.15) is 0 Å². The van der Waals surface area contributed by atoms with Gasteiger partial charge in [-0.05, 0) is 39.0 Å². The number of carbonyl (C=O) groups excluding carboxylic acids is 1. The van der Waals surface area contributed by atoms with E-state index < -0.39 is 11.6 Å². The number of rotatable bonds is 5. The van der Waals surface area contributed by atoms with Crippen molar-refractivity contribution in [2.75, 3.05) is 6.54 Å². The van der Waals surface area contributed by atoms with E-state index in [4.69, 9.17) is 33.7 Å². The quantitative estimate of drug-likeness (QED) is 0.865. The van der Waals surface area contributed by atoms with Crippen LogP contribution in [0.25, 0.3) is 0 Å². The summed E-state index contributed by atoms with van der Waals surface area (Å²) < 4.78 is 5.51. The summed E-state index contributed by atoms with van der Waals surface area (Å²) in [5, 5.41) is 3.71. The van der Waals surface area contributed by atoms with E-state index in [9.17, 15) is 4.79 Å². The number of benzene rings is 1. The number of halogens is 3. The Bertz CT molecular complexity index is 447. The monoisotopic (exact) mass is 340 g/mol. The molecule has 1 amide bonds. The third kappa shape index (κ3) is 6.18. The standard InChI is InChI=1S/C13H18Cl2N2O2.ClH/c1-8(12(18)17-13(2,3)7-16)19-11-5-9(14)4-10(15)6-11;/h4-6,8H,7,16H2,1-3H3,(H,17,18);1H. The van der Waals surface area contributed by atoms with Gasteiger partial charge in [-0.1, -0.05) is 23.2 Å². The number of ether oxygens (including phenoxy) is 1. The van der Waals surface area contributed by atoms with Gasteiger partial charge in [0.1, 0.15) is 5.75 Å². The highest BCUT2D eigenvalue weighted by atomic mass is 35.5. The van der Waals surface area contributed by atoms with Crippen LogP contribution in [0.5, 0.6) is 5.75 Å². The molecule has 1 aromatic carbocycles. The van der Waals surface area contributed by atoms with Crippen LogP contribution >= 0.6 is 35.6 Å². The van der Waals surface area contributed by atoms with Gasteiger partial charge < -0.3 is 15.8 Å². The van der Waals surface area contributed by atoms with Crippen LogP contribution in [0, 0.1) is 0 Å². The van der Waals surface area contributed by atoms with Crippen LogP contribution in [0.4, 0.5) is 0 Å². The number of hydrogen-bond acceptors (Lipinski definition) is 3. The van der Waals surface area contributed by atoms with E-state index >= 15 is 0 Å². The minimum absolute atomic E-state index is 0. The minimum atomic E-state index is -0.666. The highest BCUT2D eigenvalue weighted by molar-refractivity contribution is 6.34. The average Bonchev–Trinajstić information content (AvgIpc) is 2.26. The molecule has 0 aliphatic heterocycles. The third-order valence-corrected chi connectivity index (χ3v) is 2.93. The van der Waals surface area contributed by atoms with Crippen LogP contribution in [0.2, 0.25) is 10.0 Å². The molecule has 7 heteroatoms. The fourth-order valence-electron chi connectivity index (χ4n) is 1.34. The third-order valence-electron chi connectivity index (χ3n) is 2.49. The van der Waals surface area contributed by atoms with Crippen molar-refractivity contribution in [3.63, 3.8) is 0 Å². The first-order valence-corrected chi connectivity index (χ1v) is 6.64. The Morgan fingerprint density at radius 2 is 1.85 bits per heavy atom. The molecule has 0 bridgehead atoms. The topological polar surface area (TPSA) is 64.3 Å². The van der Waals surface area contributed by atoms with Gasteiger partial charge >= 0.3 is 0 Å². The smallest absolute Gasteiger partial charge is 0.261 e. The summed E-state index contributed by atoms with van der Waals surface area (Å²) in [7, 11) is 0. The lowest BCUT2D eigenvalue weighted by molar-refractivity contribution is -0.128. The minimum Gasteiger partial charge on any atom is -0.481 e. The zero-order chi connectivity index (χ0) is 14.6. The molecule has 1 unspecified atom stereocenters. The summed E-state index contributed by atoms with van der Waals surface area (Å²) in [4.78, 5) is 11.9. The molecule has 4 nitrogen and oxygen atoms in total. The normalized spacial score (nSPS) is 12.3. The summed E-state index contributed by atoms with van der Waals surface area (Å²) in [6.07, 6.45) is -0.666. The fraction of sp³-hybridized carbons (Fsp3) is 0.462. The Hall–Kier alpha value is -0.680. The van der Waals surface area contributed by atoms with Crippen molar-refractivity contribution >= 4 is 41.5 Å². The molecular weight excluding hydrogens is 323 g/mol. The fourth-order valence-corrected chi connectivity index (χ4v) is 1.85. The van der Waals surface area contributed by atoms with Crippen molar-refractivity contribution in [1.29, 1.82) is 0 Å². The van der Waals surface area contributed by atoms with Gasteiger partial charge in [-0.25, -0.2) is 0 Å². The van der Waals surface area contributed by atoms with Crippen LogP contribution in [-0.4, -0.2) is 24.1 Å². The molecule has 1 aromatic rings. The Balaban J connectivity index is 0.00000361. The molecule has 0 saturated carbocycles. The van der Waals surface area contributed by atoms with Gasteiger partial charge in [0.05, 0.1) is 0 Å². The molecule has 114 valence electrons. The van der Waals surface area contributed by atoms with Gasteiger partial charge in [0, 0.05) is 22.1 Å². The molecule has 3 N–H and O–H groups in total. The molecule has 0 aliphatic rings. The van der Waals surface area contributed by atoms with Crippen molar-refractivity contribution < 1.29 is 9.53 Å².